The van der Waals surface area contributed by atoms with E-state index >= 15 is 0 Å². The highest BCUT2D eigenvalue weighted by molar-refractivity contribution is 5.86. The third-order valence-electron chi connectivity index (χ3n) is 7.16. The number of hydrogen-bond acceptors (Lipinski definition) is 4. The molecule has 6 heteroatoms. The summed E-state index contributed by atoms with van der Waals surface area (Å²) >= 11 is 0. The van der Waals surface area contributed by atoms with E-state index in [0.29, 0.717) is 18.0 Å². The number of likely N-dealkylation sites (tertiary alicyclic amines) is 2. The molecule has 168 valence electrons. The van der Waals surface area contributed by atoms with Crippen LogP contribution in [-0.4, -0.2) is 42.1 Å². The molecule has 31 heavy (non-hydrogen) atoms. The summed E-state index contributed by atoms with van der Waals surface area (Å²) in [6, 6.07) is 3.45. The van der Waals surface area contributed by atoms with Crippen LogP contribution in [0.5, 0.6) is 5.75 Å². The minimum absolute atomic E-state index is 0.120. The maximum atomic E-state index is 13.0. The molecular weight excluding hydrogens is 392 g/mol. The standard InChI is InChI=1S/C25H34N2O4/c1-3-18-15-20-17(2)14-22(28)31-24(20)21(23(18)29)16-26-12-8-19(9-13-26)25(30)27-10-6-4-5-7-11-27/h14-15,19,29H,3-13,16H2,1-2H3/p+1. The van der Waals surface area contributed by atoms with E-state index in [1.54, 1.807) is 0 Å². The highest BCUT2D eigenvalue weighted by Gasteiger charge is 2.32. The van der Waals surface area contributed by atoms with Crippen molar-refractivity contribution in [3.05, 3.63) is 39.2 Å². The Labute approximate surface area is 183 Å². The van der Waals surface area contributed by atoms with E-state index in [0.717, 1.165) is 80.4 Å². The first-order valence-corrected chi connectivity index (χ1v) is 11.9. The van der Waals surface area contributed by atoms with Crippen LogP contribution in [0.25, 0.3) is 11.0 Å². The maximum Gasteiger partial charge on any atom is 0.336 e. The van der Waals surface area contributed by atoms with Crippen LogP contribution in [0, 0.1) is 12.8 Å². The van der Waals surface area contributed by atoms with Crippen molar-refractivity contribution in [2.24, 2.45) is 5.92 Å². The summed E-state index contributed by atoms with van der Waals surface area (Å²) in [4.78, 5) is 28.4. The average molecular weight is 428 g/mol. The van der Waals surface area contributed by atoms with Gasteiger partial charge in [-0.05, 0) is 43.4 Å². The summed E-state index contributed by atoms with van der Waals surface area (Å²) in [5, 5.41) is 11.8. The predicted molar refractivity (Wildman–Crippen MR) is 120 cm³/mol. The predicted octanol–water partition coefficient (Wildman–Crippen LogP) is 2.57. The Morgan fingerprint density at radius 3 is 2.48 bits per heavy atom. The lowest BCUT2D eigenvalue weighted by molar-refractivity contribution is -0.919. The molecule has 1 amide bonds. The number of carbonyl (C=O) groups is 1. The number of fused-ring (bicyclic) bond motifs is 1. The molecule has 0 atom stereocenters. The number of phenolic OH excluding ortho intramolecular Hbond substituents is 1. The number of amides is 1. The molecule has 2 aliphatic rings. The Kier molecular flexibility index (Phi) is 6.65. The topological polar surface area (TPSA) is 75.2 Å². The van der Waals surface area contributed by atoms with E-state index in [1.807, 2.05) is 19.9 Å². The SMILES string of the molecule is CCc1cc2c(C)cc(=O)oc2c(C[NH+]2CCC(C(=O)N3CCCCCC3)CC2)c1O. The monoisotopic (exact) mass is 427 g/mol. The van der Waals surface area contributed by atoms with Gasteiger partial charge in [-0.1, -0.05) is 19.8 Å². The number of nitrogens with zero attached hydrogens (tertiary/aromatic N) is 1. The fourth-order valence-corrected chi connectivity index (χ4v) is 5.25. The zero-order valence-electron chi connectivity index (χ0n) is 18.8. The highest BCUT2D eigenvalue weighted by Crippen LogP contribution is 2.32. The van der Waals surface area contributed by atoms with Gasteiger partial charge in [-0.2, -0.15) is 0 Å². The molecule has 1 aromatic carbocycles. The largest absolute Gasteiger partial charge is 0.507 e. The maximum absolute atomic E-state index is 13.0. The molecular formula is C25H35N2O4+. The van der Waals surface area contributed by atoms with Crippen molar-refractivity contribution >= 4 is 16.9 Å². The van der Waals surface area contributed by atoms with Crippen LogP contribution in [0.15, 0.2) is 21.3 Å². The molecule has 2 aromatic rings. The van der Waals surface area contributed by atoms with E-state index in [1.165, 1.54) is 23.8 Å². The number of hydrogen-bond donors (Lipinski definition) is 2. The number of benzene rings is 1. The van der Waals surface area contributed by atoms with Gasteiger partial charge in [0.1, 0.15) is 12.3 Å². The van der Waals surface area contributed by atoms with E-state index in [9.17, 15) is 14.7 Å². The van der Waals surface area contributed by atoms with Crippen molar-refractivity contribution in [3.63, 3.8) is 0 Å². The van der Waals surface area contributed by atoms with Gasteiger partial charge < -0.3 is 19.3 Å². The van der Waals surface area contributed by atoms with Gasteiger partial charge in [-0.3, -0.25) is 4.79 Å². The van der Waals surface area contributed by atoms with Gasteiger partial charge in [0.05, 0.1) is 18.7 Å². The van der Waals surface area contributed by atoms with Gasteiger partial charge >= 0.3 is 5.63 Å². The number of carbonyl (C=O) groups excluding carboxylic acids is 1. The van der Waals surface area contributed by atoms with Crippen LogP contribution in [0.3, 0.4) is 0 Å². The Bertz CT molecular complexity index is 997. The van der Waals surface area contributed by atoms with Gasteiger partial charge in [0.15, 0.2) is 5.58 Å². The van der Waals surface area contributed by atoms with Crippen LogP contribution in [-0.2, 0) is 17.8 Å². The van der Waals surface area contributed by atoms with Gasteiger partial charge in [-0.25, -0.2) is 4.79 Å². The second kappa shape index (κ2) is 9.43. The molecule has 4 rings (SSSR count). The van der Waals surface area contributed by atoms with Gasteiger partial charge in [0.25, 0.3) is 0 Å². The zero-order chi connectivity index (χ0) is 22.0. The molecule has 0 aliphatic carbocycles. The van der Waals surface area contributed by atoms with Crippen molar-refractivity contribution in [3.8, 4) is 5.75 Å². The van der Waals surface area contributed by atoms with Crippen molar-refractivity contribution in [1.29, 1.82) is 0 Å². The second-order valence-corrected chi connectivity index (χ2v) is 9.28. The number of piperidine rings is 1. The zero-order valence-corrected chi connectivity index (χ0v) is 18.8. The third kappa shape index (κ3) is 4.64. The van der Waals surface area contributed by atoms with E-state index in [4.69, 9.17) is 4.42 Å². The Balaban J connectivity index is 1.50. The molecule has 0 saturated carbocycles. The summed E-state index contributed by atoms with van der Waals surface area (Å²) in [6.07, 6.45) is 7.18. The van der Waals surface area contributed by atoms with Gasteiger partial charge in [-0.15, -0.1) is 0 Å². The van der Waals surface area contributed by atoms with Gasteiger partial charge in [0.2, 0.25) is 5.91 Å². The lowest BCUT2D eigenvalue weighted by Gasteiger charge is -2.32. The minimum atomic E-state index is -0.383. The Hall–Kier alpha value is -2.34. The number of nitrogens with one attached hydrogen (secondary N) is 1. The first kappa shape index (κ1) is 21.9. The number of aryl methyl sites for hydroxylation is 2. The number of phenols is 1. The van der Waals surface area contributed by atoms with Crippen molar-refractivity contribution in [1.82, 2.24) is 4.90 Å². The van der Waals surface area contributed by atoms with Crippen molar-refractivity contribution in [2.45, 2.75) is 65.3 Å². The molecule has 3 heterocycles. The molecule has 1 aromatic heterocycles. The lowest BCUT2D eigenvalue weighted by Crippen LogP contribution is -3.11. The summed E-state index contributed by atoms with van der Waals surface area (Å²) < 4.78 is 5.56. The number of quaternary nitrogens is 1. The smallest absolute Gasteiger partial charge is 0.336 e. The van der Waals surface area contributed by atoms with Gasteiger partial charge in [0, 0.05) is 43.3 Å². The Morgan fingerprint density at radius 2 is 1.84 bits per heavy atom. The molecule has 6 nitrogen and oxygen atoms in total. The lowest BCUT2D eigenvalue weighted by atomic mass is 9.94. The summed E-state index contributed by atoms with van der Waals surface area (Å²) in [5.41, 5.74) is 2.60. The second-order valence-electron chi connectivity index (χ2n) is 9.28. The summed E-state index contributed by atoms with van der Waals surface area (Å²) in [7, 11) is 0. The minimum Gasteiger partial charge on any atom is -0.507 e. The van der Waals surface area contributed by atoms with E-state index in [-0.39, 0.29) is 17.3 Å². The Morgan fingerprint density at radius 1 is 1.16 bits per heavy atom. The fraction of sp³-hybridized carbons (Fsp3) is 0.600. The van der Waals surface area contributed by atoms with Crippen LogP contribution in [0.4, 0.5) is 0 Å². The summed E-state index contributed by atoms with van der Waals surface area (Å²) in [5.74, 6) is 0.706. The van der Waals surface area contributed by atoms with Crippen LogP contribution < -0.4 is 10.5 Å². The van der Waals surface area contributed by atoms with Crippen LogP contribution in [0.1, 0.15) is 62.1 Å². The molecule has 2 aliphatic heterocycles. The molecule has 2 N–H and O–H groups in total. The van der Waals surface area contributed by atoms with Crippen LogP contribution >= 0.6 is 0 Å². The number of rotatable bonds is 4. The van der Waals surface area contributed by atoms with E-state index < -0.39 is 0 Å². The first-order valence-electron chi connectivity index (χ1n) is 11.9. The third-order valence-corrected chi connectivity index (χ3v) is 7.16. The summed E-state index contributed by atoms with van der Waals surface area (Å²) in [6.45, 7) is 8.13. The van der Waals surface area contributed by atoms with Crippen molar-refractivity contribution < 1.29 is 19.2 Å². The highest BCUT2D eigenvalue weighted by atomic mass is 16.4. The molecule has 0 bridgehead atoms. The quantitative estimate of drug-likeness (QED) is 0.736. The molecule has 0 spiro atoms. The molecule has 0 radical (unpaired) electrons. The molecule has 2 saturated heterocycles. The molecule has 2 fully saturated rings. The van der Waals surface area contributed by atoms with E-state index in [2.05, 4.69) is 4.90 Å². The number of aromatic hydroxyl groups is 1. The first-order chi connectivity index (χ1) is 15.0. The van der Waals surface area contributed by atoms with Crippen molar-refractivity contribution in [2.75, 3.05) is 26.2 Å². The fourth-order valence-electron chi connectivity index (χ4n) is 5.25. The van der Waals surface area contributed by atoms with Crippen LogP contribution in [0.2, 0.25) is 0 Å². The molecule has 0 unspecified atom stereocenters. The normalized spacial score (nSPS) is 22.5. The average Bonchev–Trinajstić information content (AvgIpc) is 3.05.